The van der Waals surface area contributed by atoms with Crippen LogP contribution in [0, 0.1) is 0 Å². The minimum absolute atomic E-state index is 0. The normalized spacial score (nSPS) is 10.8. The van der Waals surface area contributed by atoms with Crippen molar-refractivity contribution in [1.29, 1.82) is 0 Å². The van der Waals surface area contributed by atoms with Crippen molar-refractivity contribution in [3.8, 4) is 0 Å². The van der Waals surface area contributed by atoms with E-state index in [4.69, 9.17) is 11.6 Å². The third-order valence-electron chi connectivity index (χ3n) is 3.61. The molecule has 0 aliphatic rings. The average Bonchev–Trinajstić information content (AvgIpc) is 2.59. The Morgan fingerprint density at radius 3 is 2.60 bits per heavy atom. The first-order valence-electron chi connectivity index (χ1n) is 7.89. The second-order valence-electron chi connectivity index (χ2n) is 5.66. The van der Waals surface area contributed by atoms with Gasteiger partial charge in [-0.3, -0.25) is 4.99 Å². The lowest BCUT2D eigenvalue weighted by molar-refractivity contribution is 0.793. The zero-order valence-corrected chi connectivity index (χ0v) is 17.9. The average molecular weight is 474 g/mol. The molecule has 2 aromatic rings. The highest BCUT2D eigenvalue weighted by molar-refractivity contribution is 14.0. The molecule has 0 fully saturated rings. The predicted molar refractivity (Wildman–Crippen MR) is 117 cm³/mol. The molecular formula is C18H25ClIN5. The molecule has 0 radical (unpaired) electrons. The summed E-state index contributed by atoms with van der Waals surface area (Å²) < 4.78 is 0. The lowest BCUT2D eigenvalue weighted by atomic mass is 10.2. The standard InChI is InChI=1S/C18H24ClN5.HI/c1-20-18(21-10-9-14-7-8-17(19)22-12-14)23-13-15-5-4-6-16(11-15)24(2)3;/h4-8,11-12H,9-10,13H2,1-3H3,(H2,20,21,23);1H. The molecule has 0 saturated carbocycles. The van der Waals surface area contributed by atoms with E-state index in [0.29, 0.717) is 5.15 Å². The van der Waals surface area contributed by atoms with Crippen LogP contribution in [-0.2, 0) is 13.0 Å². The molecule has 1 heterocycles. The number of aliphatic imine (C=N–C) groups is 1. The summed E-state index contributed by atoms with van der Waals surface area (Å²) in [6.07, 6.45) is 2.66. The van der Waals surface area contributed by atoms with Gasteiger partial charge in [0.15, 0.2) is 5.96 Å². The number of hydrogen-bond acceptors (Lipinski definition) is 3. The second kappa shape index (κ2) is 11.1. The summed E-state index contributed by atoms with van der Waals surface area (Å²) in [7, 11) is 5.85. The van der Waals surface area contributed by atoms with E-state index in [9.17, 15) is 0 Å². The number of nitrogens with one attached hydrogen (secondary N) is 2. The third-order valence-corrected chi connectivity index (χ3v) is 3.83. The topological polar surface area (TPSA) is 52.6 Å². The van der Waals surface area contributed by atoms with Crippen LogP contribution >= 0.6 is 35.6 Å². The highest BCUT2D eigenvalue weighted by Crippen LogP contribution is 2.13. The number of nitrogens with zero attached hydrogens (tertiary/aromatic N) is 3. The van der Waals surface area contributed by atoms with E-state index in [2.05, 4.69) is 49.8 Å². The number of pyridine rings is 1. The zero-order valence-electron chi connectivity index (χ0n) is 14.8. The fourth-order valence-corrected chi connectivity index (χ4v) is 2.34. The maximum Gasteiger partial charge on any atom is 0.191 e. The maximum absolute atomic E-state index is 5.79. The smallest absolute Gasteiger partial charge is 0.191 e. The monoisotopic (exact) mass is 473 g/mol. The summed E-state index contributed by atoms with van der Waals surface area (Å²) in [5, 5.41) is 7.16. The Hall–Kier alpha value is -1.54. The number of hydrogen-bond donors (Lipinski definition) is 2. The van der Waals surface area contributed by atoms with Gasteiger partial charge in [-0.15, -0.1) is 24.0 Å². The first-order valence-corrected chi connectivity index (χ1v) is 8.27. The Morgan fingerprint density at radius 2 is 1.96 bits per heavy atom. The molecule has 0 unspecified atom stereocenters. The van der Waals surface area contributed by atoms with Crippen LogP contribution < -0.4 is 15.5 Å². The number of anilines is 1. The highest BCUT2D eigenvalue weighted by Gasteiger charge is 2.01. The minimum Gasteiger partial charge on any atom is -0.378 e. The van der Waals surface area contributed by atoms with Crippen LogP contribution in [0.5, 0.6) is 0 Å². The van der Waals surface area contributed by atoms with Crippen molar-refractivity contribution in [3.63, 3.8) is 0 Å². The van der Waals surface area contributed by atoms with Gasteiger partial charge in [0.05, 0.1) is 0 Å². The third kappa shape index (κ3) is 7.48. The molecule has 7 heteroatoms. The summed E-state index contributed by atoms with van der Waals surface area (Å²) in [6.45, 7) is 1.50. The van der Waals surface area contributed by atoms with E-state index in [1.165, 1.54) is 11.3 Å². The minimum atomic E-state index is 0. The Balaban J connectivity index is 0.00000312. The van der Waals surface area contributed by atoms with Crippen LogP contribution in [0.15, 0.2) is 47.6 Å². The van der Waals surface area contributed by atoms with E-state index in [-0.39, 0.29) is 24.0 Å². The van der Waals surface area contributed by atoms with Crippen molar-refractivity contribution < 1.29 is 0 Å². The first-order chi connectivity index (χ1) is 11.6. The Morgan fingerprint density at radius 1 is 1.16 bits per heavy atom. The number of guanidine groups is 1. The van der Waals surface area contributed by atoms with E-state index in [1.807, 2.05) is 26.2 Å². The number of halogens is 2. The maximum atomic E-state index is 5.79. The largest absolute Gasteiger partial charge is 0.378 e. The van der Waals surface area contributed by atoms with E-state index in [0.717, 1.165) is 31.0 Å². The molecule has 0 saturated heterocycles. The van der Waals surface area contributed by atoms with Gasteiger partial charge >= 0.3 is 0 Å². The fourth-order valence-electron chi connectivity index (χ4n) is 2.23. The van der Waals surface area contributed by atoms with Gasteiger partial charge < -0.3 is 15.5 Å². The van der Waals surface area contributed by atoms with Gasteiger partial charge in [0.2, 0.25) is 0 Å². The van der Waals surface area contributed by atoms with Gasteiger partial charge in [-0.25, -0.2) is 4.98 Å². The Kier molecular flexibility index (Phi) is 9.59. The van der Waals surface area contributed by atoms with E-state index < -0.39 is 0 Å². The van der Waals surface area contributed by atoms with Crippen molar-refractivity contribution in [3.05, 3.63) is 58.9 Å². The number of aromatic nitrogens is 1. The van der Waals surface area contributed by atoms with Crippen molar-refractivity contribution in [2.75, 3.05) is 32.6 Å². The van der Waals surface area contributed by atoms with Crippen molar-refractivity contribution in [2.24, 2.45) is 4.99 Å². The van der Waals surface area contributed by atoms with Crippen LogP contribution in [0.25, 0.3) is 0 Å². The molecule has 0 bridgehead atoms. The van der Waals surface area contributed by atoms with Crippen LogP contribution in [-0.4, -0.2) is 38.6 Å². The quantitative estimate of drug-likeness (QED) is 0.292. The van der Waals surface area contributed by atoms with E-state index >= 15 is 0 Å². The number of rotatable bonds is 6. The van der Waals surface area contributed by atoms with Gasteiger partial charge in [-0.1, -0.05) is 29.8 Å². The van der Waals surface area contributed by atoms with Crippen molar-refractivity contribution in [1.82, 2.24) is 15.6 Å². The molecular weight excluding hydrogens is 449 g/mol. The summed E-state index contributed by atoms with van der Waals surface area (Å²) in [4.78, 5) is 10.4. The van der Waals surface area contributed by atoms with Crippen LogP contribution in [0.1, 0.15) is 11.1 Å². The molecule has 0 aliphatic heterocycles. The molecule has 0 atom stereocenters. The van der Waals surface area contributed by atoms with Crippen LogP contribution in [0.3, 0.4) is 0 Å². The van der Waals surface area contributed by atoms with Gasteiger partial charge in [0.1, 0.15) is 5.15 Å². The van der Waals surface area contributed by atoms with Crippen LogP contribution in [0.4, 0.5) is 5.69 Å². The Bertz CT molecular complexity index is 673. The number of benzene rings is 1. The van der Waals surface area contributed by atoms with Crippen LogP contribution in [0.2, 0.25) is 5.15 Å². The SMILES string of the molecule is CN=C(NCCc1ccc(Cl)nc1)NCc1cccc(N(C)C)c1.I. The molecule has 136 valence electrons. The van der Waals surface area contributed by atoms with Gasteiger partial charge in [0, 0.05) is 46.1 Å². The molecule has 1 aromatic carbocycles. The molecule has 2 N–H and O–H groups in total. The lowest BCUT2D eigenvalue weighted by Crippen LogP contribution is -2.37. The highest BCUT2D eigenvalue weighted by atomic mass is 127. The van der Waals surface area contributed by atoms with Crippen molar-refractivity contribution >= 4 is 47.2 Å². The Labute approximate surface area is 171 Å². The molecule has 0 spiro atoms. The van der Waals surface area contributed by atoms with Gasteiger partial charge in [-0.2, -0.15) is 0 Å². The second-order valence-corrected chi connectivity index (χ2v) is 6.04. The van der Waals surface area contributed by atoms with Gasteiger partial charge in [-0.05, 0) is 35.7 Å². The summed E-state index contributed by atoms with van der Waals surface area (Å²) >= 11 is 5.79. The molecule has 0 aliphatic carbocycles. The molecule has 0 amide bonds. The summed E-state index contributed by atoms with van der Waals surface area (Å²) in [6, 6.07) is 12.2. The molecule has 25 heavy (non-hydrogen) atoms. The predicted octanol–water partition coefficient (Wildman–Crippen LogP) is 3.33. The lowest BCUT2D eigenvalue weighted by Gasteiger charge is -2.15. The molecule has 5 nitrogen and oxygen atoms in total. The summed E-state index contributed by atoms with van der Waals surface area (Å²) in [5.41, 5.74) is 3.54. The fraction of sp³-hybridized carbons (Fsp3) is 0.333. The zero-order chi connectivity index (χ0) is 17.4. The van der Waals surface area contributed by atoms with E-state index in [1.54, 1.807) is 13.2 Å². The first kappa shape index (κ1) is 21.5. The molecule has 1 aromatic heterocycles. The summed E-state index contributed by atoms with van der Waals surface area (Å²) in [5.74, 6) is 0.784. The van der Waals surface area contributed by atoms with Gasteiger partial charge in [0.25, 0.3) is 0 Å². The van der Waals surface area contributed by atoms with Crippen molar-refractivity contribution in [2.45, 2.75) is 13.0 Å². The molecule has 2 rings (SSSR count).